The number of halogens is 1. The van der Waals surface area contributed by atoms with E-state index in [1.807, 2.05) is 18.3 Å². The smallest absolute Gasteiger partial charge is 0.178 e. The lowest BCUT2D eigenvalue weighted by atomic mass is 10.1. The number of fused-ring (bicyclic) bond motifs is 1. The standard InChI is InChI=1S/C12H13IN2O/c1-2-15-7-10(12(16)6-14)9-4-3-8(13)5-11(9)15/h3-5,7H,2,6,14H2,1H3. The highest BCUT2D eigenvalue weighted by Gasteiger charge is 2.13. The van der Waals surface area contributed by atoms with Gasteiger partial charge >= 0.3 is 0 Å². The van der Waals surface area contributed by atoms with Crippen LogP contribution in [0.2, 0.25) is 0 Å². The predicted octanol–water partition coefficient (Wildman–Crippen LogP) is 2.41. The maximum atomic E-state index is 11.7. The van der Waals surface area contributed by atoms with Gasteiger partial charge in [-0.2, -0.15) is 0 Å². The summed E-state index contributed by atoms with van der Waals surface area (Å²) in [5.41, 5.74) is 7.25. The van der Waals surface area contributed by atoms with Gasteiger partial charge in [0, 0.05) is 32.8 Å². The first-order valence-corrected chi connectivity index (χ1v) is 6.27. The van der Waals surface area contributed by atoms with Crippen LogP contribution in [0.4, 0.5) is 0 Å². The monoisotopic (exact) mass is 328 g/mol. The van der Waals surface area contributed by atoms with Crippen molar-refractivity contribution in [1.29, 1.82) is 0 Å². The SMILES string of the molecule is CCn1cc(C(=O)CN)c2ccc(I)cc21. The van der Waals surface area contributed by atoms with E-state index in [4.69, 9.17) is 5.73 Å². The van der Waals surface area contributed by atoms with Crippen LogP contribution >= 0.6 is 22.6 Å². The van der Waals surface area contributed by atoms with E-state index in [1.54, 1.807) is 0 Å². The first-order chi connectivity index (χ1) is 7.67. The van der Waals surface area contributed by atoms with Gasteiger partial charge < -0.3 is 10.3 Å². The molecular formula is C12H13IN2O. The molecule has 4 heteroatoms. The molecule has 0 unspecified atom stereocenters. The average Bonchev–Trinajstić information content (AvgIpc) is 2.66. The second-order valence-corrected chi connectivity index (χ2v) is 4.86. The van der Waals surface area contributed by atoms with Crippen molar-refractivity contribution in [3.63, 3.8) is 0 Å². The number of nitrogens with two attached hydrogens (primary N) is 1. The third-order valence-corrected chi connectivity index (χ3v) is 3.34. The minimum atomic E-state index is -0.00147. The minimum absolute atomic E-state index is 0.00147. The van der Waals surface area contributed by atoms with Crippen LogP contribution in [0.15, 0.2) is 24.4 Å². The molecule has 2 N–H and O–H groups in total. The van der Waals surface area contributed by atoms with Gasteiger partial charge in [-0.3, -0.25) is 4.79 Å². The molecule has 84 valence electrons. The van der Waals surface area contributed by atoms with E-state index in [2.05, 4.69) is 40.1 Å². The molecule has 0 atom stereocenters. The molecule has 0 saturated heterocycles. The Morgan fingerprint density at radius 1 is 1.50 bits per heavy atom. The van der Waals surface area contributed by atoms with E-state index in [0.29, 0.717) is 0 Å². The molecule has 3 nitrogen and oxygen atoms in total. The summed E-state index contributed by atoms with van der Waals surface area (Å²) < 4.78 is 3.25. The highest BCUT2D eigenvalue weighted by molar-refractivity contribution is 14.1. The number of benzene rings is 1. The highest BCUT2D eigenvalue weighted by atomic mass is 127. The Morgan fingerprint density at radius 3 is 2.88 bits per heavy atom. The number of rotatable bonds is 3. The van der Waals surface area contributed by atoms with Gasteiger partial charge in [-0.1, -0.05) is 6.07 Å². The largest absolute Gasteiger partial charge is 0.347 e. The van der Waals surface area contributed by atoms with E-state index in [9.17, 15) is 4.79 Å². The summed E-state index contributed by atoms with van der Waals surface area (Å²) in [5.74, 6) is -0.00147. The lowest BCUT2D eigenvalue weighted by Gasteiger charge is -1.99. The van der Waals surface area contributed by atoms with Crippen molar-refractivity contribution < 1.29 is 4.79 Å². The second kappa shape index (κ2) is 4.55. The molecule has 0 aliphatic rings. The van der Waals surface area contributed by atoms with Crippen LogP contribution < -0.4 is 5.73 Å². The number of hydrogen-bond donors (Lipinski definition) is 1. The molecule has 0 saturated carbocycles. The summed E-state index contributed by atoms with van der Waals surface area (Å²) in [4.78, 5) is 11.7. The molecule has 0 fully saturated rings. The summed E-state index contributed by atoms with van der Waals surface area (Å²) in [6, 6.07) is 6.09. The Balaban J connectivity index is 2.72. The maximum absolute atomic E-state index is 11.7. The van der Waals surface area contributed by atoms with E-state index in [-0.39, 0.29) is 12.3 Å². The van der Waals surface area contributed by atoms with Crippen molar-refractivity contribution >= 4 is 39.3 Å². The van der Waals surface area contributed by atoms with Crippen molar-refractivity contribution in [2.24, 2.45) is 5.73 Å². The van der Waals surface area contributed by atoms with Crippen LogP contribution in [-0.4, -0.2) is 16.9 Å². The fourth-order valence-electron chi connectivity index (χ4n) is 1.86. The van der Waals surface area contributed by atoms with E-state index < -0.39 is 0 Å². The van der Waals surface area contributed by atoms with Gasteiger partial charge in [0.25, 0.3) is 0 Å². The summed E-state index contributed by atoms with van der Waals surface area (Å²) in [5, 5.41) is 0.998. The molecule has 0 aliphatic heterocycles. The zero-order chi connectivity index (χ0) is 11.7. The molecule has 0 radical (unpaired) electrons. The van der Waals surface area contributed by atoms with Gasteiger partial charge in [-0.25, -0.2) is 0 Å². The summed E-state index contributed by atoms with van der Waals surface area (Å²) in [6.07, 6.45) is 1.90. The quantitative estimate of drug-likeness (QED) is 0.695. The first-order valence-electron chi connectivity index (χ1n) is 5.19. The van der Waals surface area contributed by atoms with Gasteiger partial charge in [-0.05, 0) is 41.6 Å². The van der Waals surface area contributed by atoms with Crippen LogP contribution in [0, 0.1) is 3.57 Å². The number of hydrogen-bond acceptors (Lipinski definition) is 2. The fraction of sp³-hybridized carbons (Fsp3) is 0.250. The lowest BCUT2D eigenvalue weighted by Crippen LogP contribution is -2.13. The molecule has 2 rings (SSSR count). The molecule has 2 aromatic rings. The summed E-state index contributed by atoms with van der Waals surface area (Å²) in [6.45, 7) is 2.99. The third-order valence-electron chi connectivity index (χ3n) is 2.67. The van der Waals surface area contributed by atoms with Crippen molar-refractivity contribution in [1.82, 2.24) is 4.57 Å². The van der Waals surface area contributed by atoms with Crippen molar-refractivity contribution in [3.8, 4) is 0 Å². The van der Waals surface area contributed by atoms with Crippen molar-refractivity contribution in [2.45, 2.75) is 13.5 Å². The molecule has 0 spiro atoms. The van der Waals surface area contributed by atoms with Crippen LogP contribution in [-0.2, 0) is 6.54 Å². The lowest BCUT2D eigenvalue weighted by molar-refractivity contribution is 0.100. The number of aryl methyl sites for hydroxylation is 1. The predicted molar refractivity (Wildman–Crippen MR) is 73.7 cm³/mol. The van der Waals surface area contributed by atoms with Gasteiger partial charge in [0.05, 0.1) is 6.54 Å². The van der Waals surface area contributed by atoms with Crippen molar-refractivity contribution in [2.75, 3.05) is 6.54 Å². The molecule has 0 bridgehead atoms. The number of ketones is 1. The molecule has 1 aromatic heterocycles. The second-order valence-electron chi connectivity index (χ2n) is 3.62. The van der Waals surface area contributed by atoms with Gasteiger partial charge in [0.2, 0.25) is 0 Å². The van der Waals surface area contributed by atoms with Crippen LogP contribution in [0.25, 0.3) is 10.9 Å². The minimum Gasteiger partial charge on any atom is -0.347 e. The Kier molecular flexibility index (Phi) is 3.30. The molecule has 16 heavy (non-hydrogen) atoms. The Labute approximate surface area is 108 Å². The Hall–Kier alpha value is -0.880. The Bertz CT molecular complexity index is 545. The van der Waals surface area contributed by atoms with Crippen LogP contribution in [0.5, 0.6) is 0 Å². The third kappa shape index (κ3) is 1.87. The highest BCUT2D eigenvalue weighted by Crippen LogP contribution is 2.23. The fourth-order valence-corrected chi connectivity index (χ4v) is 2.33. The zero-order valence-corrected chi connectivity index (χ0v) is 11.2. The molecular weight excluding hydrogens is 315 g/mol. The first kappa shape index (κ1) is 11.6. The zero-order valence-electron chi connectivity index (χ0n) is 9.03. The maximum Gasteiger partial charge on any atom is 0.178 e. The molecule has 1 heterocycles. The topological polar surface area (TPSA) is 48.0 Å². The normalized spacial score (nSPS) is 10.9. The van der Waals surface area contributed by atoms with E-state index in [0.717, 1.165) is 23.0 Å². The average molecular weight is 328 g/mol. The van der Waals surface area contributed by atoms with Crippen LogP contribution in [0.3, 0.4) is 0 Å². The van der Waals surface area contributed by atoms with Gasteiger partial charge in [0.15, 0.2) is 5.78 Å². The summed E-state index contributed by atoms with van der Waals surface area (Å²) in [7, 11) is 0. The van der Waals surface area contributed by atoms with Gasteiger partial charge in [0.1, 0.15) is 0 Å². The number of carbonyl (C=O) groups excluding carboxylic acids is 1. The summed E-state index contributed by atoms with van der Waals surface area (Å²) >= 11 is 2.27. The van der Waals surface area contributed by atoms with E-state index in [1.165, 1.54) is 3.57 Å². The number of nitrogens with zero attached hydrogens (tertiary/aromatic N) is 1. The van der Waals surface area contributed by atoms with Crippen molar-refractivity contribution in [3.05, 3.63) is 33.5 Å². The Morgan fingerprint density at radius 2 is 2.25 bits per heavy atom. The molecule has 1 aromatic carbocycles. The van der Waals surface area contributed by atoms with Crippen LogP contribution in [0.1, 0.15) is 17.3 Å². The molecule has 0 amide bonds. The number of Topliss-reactive ketones (excluding diaryl/α,β-unsaturated/α-hetero) is 1. The number of aromatic nitrogens is 1. The van der Waals surface area contributed by atoms with E-state index >= 15 is 0 Å². The van der Waals surface area contributed by atoms with Gasteiger partial charge in [-0.15, -0.1) is 0 Å². The number of carbonyl (C=O) groups is 1. The molecule has 0 aliphatic carbocycles.